The van der Waals surface area contributed by atoms with Gasteiger partial charge in [0.1, 0.15) is 18.0 Å². The first kappa shape index (κ1) is 15.6. The maximum Gasteiger partial charge on any atom is 0.137 e. The molecule has 5 heteroatoms. The average molecular weight is 291 g/mol. The third kappa shape index (κ3) is 4.36. The molecule has 2 N–H and O–H groups in total. The minimum atomic E-state index is -0.825. The summed E-state index contributed by atoms with van der Waals surface area (Å²) in [6.07, 6.45) is 3.09. The highest BCUT2D eigenvalue weighted by Gasteiger charge is 2.21. The van der Waals surface area contributed by atoms with Gasteiger partial charge in [-0.25, -0.2) is 14.4 Å². The van der Waals surface area contributed by atoms with Crippen molar-refractivity contribution in [1.29, 1.82) is 0 Å². The van der Waals surface area contributed by atoms with E-state index < -0.39 is 5.60 Å². The molecule has 114 valence electrons. The van der Waals surface area contributed by atoms with Crippen molar-refractivity contribution in [3.05, 3.63) is 30.3 Å². The van der Waals surface area contributed by atoms with Crippen LogP contribution in [0.5, 0.6) is 0 Å². The van der Waals surface area contributed by atoms with E-state index in [-0.39, 0.29) is 5.82 Å². The van der Waals surface area contributed by atoms with Gasteiger partial charge >= 0.3 is 0 Å². The molecule has 0 radical (unpaired) electrons. The molecule has 21 heavy (non-hydrogen) atoms. The number of rotatable bonds is 6. The second-order valence-corrected chi connectivity index (χ2v) is 6.17. The molecule has 0 saturated carbocycles. The van der Waals surface area contributed by atoms with Crippen molar-refractivity contribution in [2.24, 2.45) is 5.92 Å². The third-order valence-electron chi connectivity index (χ3n) is 3.49. The number of aromatic nitrogens is 2. The fourth-order valence-electron chi connectivity index (χ4n) is 2.13. The summed E-state index contributed by atoms with van der Waals surface area (Å²) in [6, 6.07) is 4.40. The molecule has 0 bridgehead atoms. The van der Waals surface area contributed by atoms with Crippen LogP contribution in [0.2, 0.25) is 0 Å². The van der Waals surface area contributed by atoms with Crippen molar-refractivity contribution in [2.45, 2.75) is 39.2 Å². The Labute approximate surface area is 124 Å². The number of aliphatic hydroxyl groups is 1. The smallest absolute Gasteiger partial charge is 0.137 e. The van der Waals surface area contributed by atoms with Gasteiger partial charge in [0.05, 0.1) is 11.1 Å². The Morgan fingerprint density at radius 2 is 2.10 bits per heavy atom. The standard InChI is InChI=1S/C16H22FN3O/c1-11(2)6-7-16(3,21)9-18-15-13-8-12(17)4-5-14(13)19-10-20-15/h4-5,8,10-11,21H,6-7,9H2,1-3H3,(H,18,19,20). The molecule has 0 aliphatic rings. The van der Waals surface area contributed by atoms with Crippen LogP contribution in [0.15, 0.2) is 24.5 Å². The number of halogens is 1. The van der Waals surface area contributed by atoms with E-state index in [9.17, 15) is 9.50 Å². The van der Waals surface area contributed by atoms with E-state index in [1.807, 2.05) is 0 Å². The normalized spacial score (nSPS) is 14.4. The fourth-order valence-corrected chi connectivity index (χ4v) is 2.13. The summed E-state index contributed by atoms with van der Waals surface area (Å²) >= 11 is 0. The predicted octanol–water partition coefficient (Wildman–Crippen LogP) is 3.37. The molecule has 1 unspecified atom stereocenters. The zero-order valence-corrected chi connectivity index (χ0v) is 12.7. The van der Waals surface area contributed by atoms with E-state index in [2.05, 4.69) is 29.1 Å². The molecule has 4 nitrogen and oxygen atoms in total. The largest absolute Gasteiger partial charge is 0.388 e. The van der Waals surface area contributed by atoms with Crippen molar-refractivity contribution in [3.8, 4) is 0 Å². The molecule has 0 amide bonds. The topological polar surface area (TPSA) is 58.0 Å². The molecule has 1 aromatic carbocycles. The van der Waals surface area contributed by atoms with Crippen LogP contribution in [0, 0.1) is 11.7 Å². The Balaban J connectivity index is 2.11. The molecule has 2 aromatic rings. The van der Waals surface area contributed by atoms with Gasteiger partial charge in [-0.3, -0.25) is 0 Å². The quantitative estimate of drug-likeness (QED) is 0.856. The van der Waals surface area contributed by atoms with Gasteiger partial charge in [0.15, 0.2) is 0 Å². The maximum atomic E-state index is 13.4. The Kier molecular flexibility index (Phi) is 4.73. The lowest BCUT2D eigenvalue weighted by molar-refractivity contribution is 0.0586. The maximum absolute atomic E-state index is 13.4. The van der Waals surface area contributed by atoms with Crippen LogP contribution < -0.4 is 5.32 Å². The van der Waals surface area contributed by atoms with Crippen LogP contribution in [0.25, 0.3) is 10.9 Å². The van der Waals surface area contributed by atoms with Crippen LogP contribution in [-0.2, 0) is 0 Å². The molecule has 2 rings (SSSR count). The van der Waals surface area contributed by atoms with E-state index in [1.54, 1.807) is 13.0 Å². The highest BCUT2D eigenvalue weighted by Crippen LogP contribution is 2.22. The first-order chi connectivity index (χ1) is 9.87. The number of hydrogen-bond acceptors (Lipinski definition) is 4. The van der Waals surface area contributed by atoms with Crippen molar-refractivity contribution in [2.75, 3.05) is 11.9 Å². The summed E-state index contributed by atoms with van der Waals surface area (Å²) in [5, 5.41) is 14.1. The van der Waals surface area contributed by atoms with E-state index in [1.165, 1.54) is 18.5 Å². The van der Waals surface area contributed by atoms with Crippen LogP contribution in [0.1, 0.15) is 33.6 Å². The monoisotopic (exact) mass is 291 g/mol. The van der Waals surface area contributed by atoms with Crippen LogP contribution in [0.4, 0.5) is 10.2 Å². The van der Waals surface area contributed by atoms with Gasteiger partial charge in [0.25, 0.3) is 0 Å². The number of hydrogen-bond donors (Lipinski definition) is 2. The van der Waals surface area contributed by atoms with Gasteiger partial charge in [-0.05, 0) is 43.9 Å². The van der Waals surface area contributed by atoms with Gasteiger partial charge in [-0.1, -0.05) is 13.8 Å². The summed E-state index contributed by atoms with van der Waals surface area (Å²) < 4.78 is 13.4. The molecule has 0 aliphatic carbocycles. The molecule has 1 aromatic heterocycles. The van der Waals surface area contributed by atoms with Crippen molar-refractivity contribution in [1.82, 2.24) is 9.97 Å². The number of nitrogens with one attached hydrogen (secondary N) is 1. The first-order valence-electron chi connectivity index (χ1n) is 7.24. The van der Waals surface area contributed by atoms with Crippen LogP contribution in [0.3, 0.4) is 0 Å². The lowest BCUT2D eigenvalue weighted by Crippen LogP contribution is -2.34. The lowest BCUT2D eigenvalue weighted by atomic mass is 9.95. The molecule has 1 atom stereocenters. The first-order valence-corrected chi connectivity index (χ1v) is 7.24. The summed E-state index contributed by atoms with van der Waals surface area (Å²) in [7, 11) is 0. The predicted molar refractivity (Wildman–Crippen MR) is 82.7 cm³/mol. The zero-order valence-electron chi connectivity index (χ0n) is 12.7. The highest BCUT2D eigenvalue weighted by atomic mass is 19.1. The van der Waals surface area contributed by atoms with Gasteiger partial charge in [0, 0.05) is 11.9 Å². The molecular formula is C16H22FN3O. The Morgan fingerprint density at radius 3 is 2.81 bits per heavy atom. The summed E-state index contributed by atoms with van der Waals surface area (Å²) in [4.78, 5) is 8.25. The van der Waals surface area contributed by atoms with E-state index in [0.717, 1.165) is 6.42 Å². The number of nitrogens with zero attached hydrogens (tertiary/aromatic N) is 2. The Hall–Kier alpha value is -1.75. The van der Waals surface area contributed by atoms with Crippen molar-refractivity contribution < 1.29 is 9.50 Å². The van der Waals surface area contributed by atoms with Crippen LogP contribution >= 0.6 is 0 Å². The zero-order chi connectivity index (χ0) is 15.5. The van der Waals surface area contributed by atoms with E-state index >= 15 is 0 Å². The van der Waals surface area contributed by atoms with Gasteiger partial charge in [-0.15, -0.1) is 0 Å². The minimum absolute atomic E-state index is 0.327. The Bertz CT molecular complexity index is 613. The number of benzene rings is 1. The number of anilines is 1. The molecule has 1 heterocycles. The van der Waals surface area contributed by atoms with Crippen molar-refractivity contribution >= 4 is 16.7 Å². The molecule has 0 saturated heterocycles. The molecule has 0 spiro atoms. The molecule has 0 aliphatic heterocycles. The second kappa shape index (κ2) is 6.35. The van der Waals surface area contributed by atoms with Crippen LogP contribution in [-0.4, -0.2) is 27.2 Å². The third-order valence-corrected chi connectivity index (χ3v) is 3.49. The summed E-state index contributed by atoms with van der Waals surface area (Å²) in [6.45, 7) is 6.42. The van der Waals surface area contributed by atoms with Crippen molar-refractivity contribution in [3.63, 3.8) is 0 Å². The summed E-state index contributed by atoms with van der Waals surface area (Å²) in [5.41, 5.74) is -0.148. The van der Waals surface area contributed by atoms with E-state index in [0.29, 0.717) is 35.6 Å². The van der Waals surface area contributed by atoms with Gasteiger partial charge in [0.2, 0.25) is 0 Å². The Morgan fingerprint density at radius 1 is 1.33 bits per heavy atom. The van der Waals surface area contributed by atoms with E-state index in [4.69, 9.17) is 0 Å². The summed E-state index contributed by atoms with van der Waals surface area (Å²) in [5.74, 6) is 0.765. The average Bonchev–Trinajstić information content (AvgIpc) is 2.43. The lowest BCUT2D eigenvalue weighted by Gasteiger charge is -2.25. The SMILES string of the molecule is CC(C)CCC(C)(O)CNc1ncnc2ccc(F)cc12. The minimum Gasteiger partial charge on any atom is -0.388 e. The number of fused-ring (bicyclic) bond motifs is 1. The second-order valence-electron chi connectivity index (χ2n) is 6.17. The van der Waals surface area contributed by atoms with Gasteiger partial charge in [-0.2, -0.15) is 0 Å². The highest BCUT2D eigenvalue weighted by molar-refractivity contribution is 5.88. The van der Waals surface area contributed by atoms with Gasteiger partial charge < -0.3 is 10.4 Å². The fraction of sp³-hybridized carbons (Fsp3) is 0.500. The molecular weight excluding hydrogens is 269 g/mol. The molecule has 0 fully saturated rings.